The molecule has 28 heavy (non-hydrogen) atoms. The molecule has 1 aromatic heterocycles. The third kappa shape index (κ3) is 4.29. The number of nitrogens with one attached hydrogen (secondary N) is 2. The van der Waals surface area contributed by atoms with E-state index in [1.165, 1.54) is 0 Å². The number of para-hydroxylation sites is 2. The van der Waals surface area contributed by atoms with E-state index in [4.69, 9.17) is 4.74 Å². The molecule has 0 unspecified atom stereocenters. The number of carbonyl (C=O) groups excluding carboxylic acids is 1. The summed E-state index contributed by atoms with van der Waals surface area (Å²) in [4.78, 5) is 29.0. The second kappa shape index (κ2) is 8.53. The summed E-state index contributed by atoms with van der Waals surface area (Å²) in [6.07, 6.45) is 0. The minimum Gasteiger partial charge on any atom is -0.495 e. The van der Waals surface area contributed by atoms with Crippen molar-refractivity contribution in [3.05, 3.63) is 70.7 Å². The van der Waals surface area contributed by atoms with Crippen molar-refractivity contribution in [2.45, 2.75) is 13.0 Å². The summed E-state index contributed by atoms with van der Waals surface area (Å²) in [5.41, 5.74) is 1.73. The van der Waals surface area contributed by atoms with Gasteiger partial charge in [0, 0.05) is 0 Å². The first kappa shape index (κ1) is 19.4. The molecule has 8 heteroatoms. The molecule has 7 nitrogen and oxygen atoms in total. The molecular weight excluding hydrogens is 378 g/mol. The van der Waals surface area contributed by atoms with Crippen molar-refractivity contribution in [2.24, 2.45) is 0 Å². The molecule has 3 N–H and O–H groups in total. The fourth-order valence-electron chi connectivity index (χ4n) is 2.65. The highest BCUT2D eigenvalue weighted by atomic mass is 32.1. The maximum absolute atomic E-state index is 12.7. The number of aromatic nitrogens is 1. The Morgan fingerprint density at radius 2 is 1.79 bits per heavy atom. The average Bonchev–Trinajstić information content (AvgIpc) is 3.07. The van der Waals surface area contributed by atoms with Gasteiger partial charge in [-0.2, -0.15) is 0 Å². The van der Waals surface area contributed by atoms with Crippen molar-refractivity contribution in [2.75, 3.05) is 12.4 Å². The predicted octanol–water partition coefficient (Wildman–Crippen LogP) is 3.76. The number of hydrogen-bond acceptors (Lipinski definition) is 6. The number of benzene rings is 2. The van der Waals surface area contributed by atoms with Crippen LogP contribution in [0.15, 0.2) is 54.6 Å². The summed E-state index contributed by atoms with van der Waals surface area (Å²) in [5.74, 6) is -0.968. The Hall–Kier alpha value is -3.39. The lowest BCUT2D eigenvalue weighted by Crippen LogP contribution is -2.33. The first-order chi connectivity index (χ1) is 13.5. The van der Waals surface area contributed by atoms with Crippen LogP contribution < -0.4 is 15.4 Å². The van der Waals surface area contributed by atoms with Crippen molar-refractivity contribution in [3.8, 4) is 5.75 Å². The van der Waals surface area contributed by atoms with Gasteiger partial charge >= 0.3 is 5.97 Å². The molecule has 0 saturated carbocycles. The molecule has 0 spiro atoms. The molecule has 0 fully saturated rings. The second-order valence-corrected chi connectivity index (χ2v) is 6.91. The summed E-state index contributed by atoms with van der Waals surface area (Å²) in [7, 11) is 1.57. The fourth-order valence-corrected chi connectivity index (χ4v) is 3.54. The van der Waals surface area contributed by atoms with Crippen molar-refractivity contribution >= 4 is 34.0 Å². The van der Waals surface area contributed by atoms with Gasteiger partial charge in [0.15, 0.2) is 11.2 Å². The molecule has 3 rings (SSSR count). The Morgan fingerprint density at radius 1 is 1.11 bits per heavy atom. The Morgan fingerprint density at radius 3 is 2.46 bits per heavy atom. The van der Waals surface area contributed by atoms with Crippen LogP contribution in [0, 0.1) is 6.92 Å². The summed E-state index contributed by atoms with van der Waals surface area (Å²) < 4.78 is 5.30. The summed E-state index contributed by atoms with van der Waals surface area (Å²) in [6.45, 7) is 1.71. The number of carboxylic acids is 1. The molecule has 0 bridgehead atoms. The summed E-state index contributed by atoms with van der Waals surface area (Å²) in [5, 5.41) is 15.7. The molecule has 1 amide bonds. The van der Waals surface area contributed by atoms with Gasteiger partial charge in [-0.15, -0.1) is 0 Å². The van der Waals surface area contributed by atoms with Crippen molar-refractivity contribution < 1.29 is 19.4 Å². The van der Waals surface area contributed by atoms with Crippen LogP contribution in [0.4, 0.5) is 10.8 Å². The topological polar surface area (TPSA) is 101 Å². The van der Waals surface area contributed by atoms with Gasteiger partial charge in [0.05, 0.1) is 18.5 Å². The molecule has 1 heterocycles. The monoisotopic (exact) mass is 397 g/mol. The van der Waals surface area contributed by atoms with Crippen molar-refractivity contribution in [1.29, 1.82) is 0 Å². The number of hydrogen-bond donors (Lipinski definition) is 3. The van der Waals surface area contributed by atoms with Gasteiger partial charge in [-0.25, -0.2) is 9.78 Å². The Balaban J connectivity index is 1.80. The quantitative estimate of drug-likeness (QED) is 0.561. The van der Waals surface area contributed by atoms with E-state index in [1.807, 2.05) is 24.3 Å². The van der Waals surface area contributed by atoms with E-state index in [0.717, 1.165) is 17.0 Å². The fraction of sp³-hybridized carbons (Fsp3) is 0.150. The zero-order valence-corrected chi connectivity index (χ0v) is 16.1. The van der Waals surface area contributed by atoms with Crippen LogP contribution in [0.1, 0.15) is 27.0 Å². The highest BCUT2D eigenvalue weighted by Gasteiger charge is 2.25. The molecule has 0 aliphatic rings. The molecular formula is C20H19N3O4S. The standard InChI is InChI=1S/C20H19N3O4S/c1-12-17(18(24)23-16(19(25)26)13-8-4-3-5-9-13)28-20(21-12)22-14-10-6-7-11-15(14)27-2/h3-11,16H,1-2H3,(H,21,22)(H,23,24)(H,25,26)/t16-/m1/s1. The lowest BCUT2D eigenvalue weighted by Gasteiger charge is -2.14. The van der Waals surface area contributed by atoms with E-state index >= 15 is 0 Å². The SMILES string of the molecule is COc1ccccc1Nc1nc(C)c(C(=O)N[C@@H](C(=O)O)c2ccccc2)s1. The van der Waals surface area contributed by atoms with E-state index in [0.29, 0.717) is 27.0 Å². The number of aliphatic carboxylic acids is 1. The van der Waals surface area contributed by atoms with E-state index in [9.17, 15) is 14.7 Å². The maximum atomic E-state index is 12.7. The van der Waals surface area contributed by atoms with Gasteiger partial charge in [-0.1, -0.05) is 53.8 Å². The summed E-state index contributed by atoms with van der Waals surface area (Å²) in [6, 6.07) is 14.8. The third-order valence-corrected chi connectivity index (χ3v) is 5.08. The molecule has 144 valence electrons. The minimum atomic E-state index is -1.14. The number of amides is 1. The van der Waals surface area contributed by atoms with Gasteiger partial charge in [-0.3, -0.25) is 4.79 Å². The molecule has 2 aromatic carbocycles. The van der Waals surface area contributed by atoms with E-state index in [2.05, 4.69) is 15.6 Å². The number of ether oxygens (including phenoxy) is 1. The normalized spacial score (nSPS) is 11.5. The first-order valence-corrected chi connectivity index (χ1v) is 9.27. The number of aryl methyl sites for hydroxylation is 1. The third-order valence-electron chi connectivity index (χ3n) is 4.01. The summed E-state index contributed by atoms with van der Waals surface area (Å²) >= 11 is 1.15. The van der Waals surface area contributed by atoms with Crippen LogP contribution in [-0.2, 0) is 4.79 Å². The molecule has 0 aliphatic carbocycles. The molecule has 0 radical (unpaired) electrons. The highest BCUT2D eigenvalue weighted by Crippen LogP contribution is 2.31. The smallest absolute Gasteiger partial charge is 0.330 e. The van der Waals surface area contributed by atoms with Crippen LogP contribution in [-0.4, -0.2) is 29.1 Å². The number of rotatable bonds is 7. The number of anilines is 2. The average molecular weight is 397 g/mol. The molecule has 0 aliphatic heterocycles. The minimum absolute atomic E-state index is 0.347. The number of thiazole rings is 1. The Bertz CT molecular complexity index is 988. The Labute approximate surface area is 166 Å². The molecule has 0 saturated heterocycles. The molecule has 1 atom stereocenters. The van der Waals surface area contributed by atoms with Gasteiger partial charge in [0.25, 0.3) is 5.91 Å². The van der Waals surface area contributed by atoms with Crippen molar-refractivity contribution in [3.63, 3.8) is 0 Å². The maximum Gasteiger partial charge on any atom is 0.330 e. The zero-order chi connectivity index (χ0) is 20.1. The largest absolute Gasteiger partial charge is 0.495 e. The van der Waals surface area contributed by atoms with Crippen LogP contribution in [0.3, 0.4) is 0 Å². The lowest BCUT2D eigenvalue weighted by atomic mass is 10.1. The number of nitrogens with zero attached hydrogens (tertiary/aromatic N) is 1. The number of carboxylic acid groups (broad SMARTS) is 1. The first-order valence-electron chi connectivity index (χ1n) is 8.45. The molecule has 3 aromatic rings. The Kier molecular flexibility index (Phi) is 5.90. The second-order valence-electron chi connectivity index (χ2n) is 5.91. The van der Waals surface area contributed by atoms with Gasteiger partial charge < -0.3 is 20.5 Å². The number of methoxy groups -OCH3 is 1. The van der Waals surface area contributed by atoms with Crippen molar-refractivity contribution in [1.82, 2.24) is 10.3 Å². The van der Waals surface area contributed by atoms with Crippen LogP contribution in [0.25, 0.3) is 0 Å². The van der Waals surface area contributed by atoms with Crippen LogP contribution in [0.5, 0.6) is 5.75 Å². The highest BCUT2D eigenvalue weighted by molar-refractivity contribution is 7.17. The number of carbonyl (C=O) groups is 2. The van der Waals surface area contributed by atoms with E-state index in [1.54, 1.807) is 44.4 Å². The van der Waals surface area contributed by atoms with E-state index in [-0.39, 0.29) is 0 Å². The zero-order valence-electron chi connectivity index (χ0n) is 15.3. The van der Waals surface area contributed by atoms with Crippen LogP contribution >= 0.6 is 11.3 Å². The predicted molar refractivity (Wildman–Crippen MR) is 107 cm³/mol. The van der Waals surface area contributed by atoms with Gasteiger partial charge in [0.2, 0.25) is 0 Å². The van der Waals surface area contributed by atoms with Gasteiger partial charge in [-0.05, 0) is 24.6 Å². The van der Waals surface area contributed by atoms with E-state index < -0.39 is 17.9 Å². The van der Waals surface area contributed by atoms with Crippen LogP contribution in [0.2, 0.25) is 0 Å². The van der Waals surface area contributed by atoms with Gasteiger partial charge in [0.1, 0.15) is 10.6 Å². The lowest BCUT2D eigenvalue weighted by molar-refractivity contribution is -0.139.